The molecule has 0 N–H and O–H groups in total. The van der Waals surface area contributed by atoms with Crippen molar-refractivity contribution >= 4 is 17.9 Å². The van der Waals surface area contributed by atoms with Crippen molar-refractivity contribution in [3.63, 3.8) is 0 Å². The fraction of sp³-hybridized carbons (Fsp3) is 0.865. The van der Waals surface area contributed by atoms with Crippen LogP contribution in [0.5, 0.6) is 0 Å². The molecule has 43 heavy (non-hydrogen) atoms. The number of carbonyl (C=O) groups excluding carboxylic acids is 3. The van der Waals surface area contributed by atoms with Crippen molar-refractivity contribution in [3.05, 3.63) is 12.2 Å². The van der Waals surface area contributed by atoms with Gasteiger partial charge in [0.05, 0.1) is 0 Å². The summed E-state index contributed by atoms with van der Waals surface area (Å²) in [4.78, 5) is 37.1. The second kappa shape index (κ2) is 33.1. The van der Waals surface area contributed by atoms with Crippen LogP contribution in [-0.2, 0) is 28.6 Å². The lowest BCUT2D eigenvalue weighted by Gasteiger charge is -2.18. The molecule has 0 aliphatic carbocycles. The van der Waals surface area contributed by atoms with Crippen LogP contribution in [0, 0.1) is 0 Å². The van der Waals surface area contributed by atoms with Gasteiger partial charge in [-0.1, -0.05) is 142 Å². The van der Waals surface area contributed by atoms with Crippen molar-refractivity contribution in [2.24, 2.45) is 0 Å². The summed E-state index contributed by atoms with van der Waals surface area (Å²) in [7, 11) is 0. The van der Waals surface area contributed by atoms with E-state index >= 15 is 0 Å². The quantitative estimate of drug-likeness (QED) is 0.0327. The Hall–Kier alpha value is -1.85. The Morgan fingerprint density at radius 3 is 1.26 bits per heavy atom. The number of carbonyl (C=O) groups is 3. The molecule has 252 valence electrons. The van der Waals surface area contributed by atoms with Gasteiger partial charge in [-0.2, -0.15) is 0 Å². The van der Waals surface area contributed by atoms with Crippen LogP contribution in [0.15, 0.2) is 12.2 Å². The molecule has 1 unspecified atom stereocenters. The van der Waals surface area contributed by atoms with E-state index in [0.717, 1.165) is 77.0 Å². The fourth-order valence-electron chi connectivity index (χ4n) is 4.97. The van der Waals surface area contributed by atoms with Gasteiger partial charge in [0.2, 0.25) is 0 Å². The van der Waals surface area contributed by atoms with E-state index in [4.69, 9.17) is 14.2 Å². The van der Waals surface area contributed by atoms with E-state index < -0.39 is 6.10 Å². The van der Waals surface area contributed by atoms with Gasteiger partial charge in [-0.15, -0.1) is 0 Å². The topological polar surface area (TPSA) is 78.9 Å². The Labute approximate surface area is 265 Å². The highest BCUT2D eigenvalue weighted by Crippen LogP contribution is 2.13. The smallest absolute Gasteiger partial charge is 0.306 e. The molecule has 0 aliphatic heterocycles. The summed E-state index contributed by atoms with van der Waals surface area (Å²) in [5.41, 5.74) is 0. The molecule has 0 aliphatic rings. The third kappa shape index (κ3) is 31.4. The summed E-state index contributed by atoms with van der Waals surface area (Å²) in [6.07, 6.45) is 30.8. The van der Waals surface area contributed by atoms with Gasteiger partial charge in [0, 0.05) is 19.3 Å². The van der Waals surface area contributed by atoms with Crippen LogP contribution in [0.2, 0.25) is 0 Å². The van der Waals surface area contributed by atoms with Gasteiger partial charge in [-0.25, -0.2) is 0 Å². The number of ether oxygens (including phenoxy) is 3. The standard InChI is InChI=1S/C37H68O6/c1-4-7-10-13-15-17-19-21-24-27-30-36(39)42-33-34(32-41-35(38)29-26-23-12-9-6-3)43-37(40)31-28-25-22-20-18-16-14-11-8-5-2/h10,13,34H,4-9,11-12,14-33H2,1-3H3/b13-10-. The minimum atomic E-state index is -0.760. The molecule has 0 fully saturated rings. The molecule has 0 saturated heterocycles. The molecular formula is C37H68O6. The van der Waals surface area contributed by atoms with Crippen molar-refractivity contribution in [2.45, 2.75) is 194 Å². The Morgan fingerprint density at radius 2 is 0.814 bits per heavy atom. The van der Waals surface area contributed by atoms with Crippen LogP contribution >= 0.6 is 0 Å². The zero-order valence-electron chi connectivity index (χ0n) is 28.5. The van der Waals surface area contributed by atoms with Gasteiger partial charge in [-0.3, -0.25) is 14.4 Å². The van der Waals surface area contributed by atoms with Crippen LogP contribution < -0.4 is 0 Å². The van der Waals surface area contributed by atoms with Crippen molar-refractivity contribution in [3.8, 4) is 0 Å². The predicted octanol–water partition coefficient (Wildman–Crippen LogP) is 10.7. The number of esters is 3. The van der Waals surface area contributed by atoms with Gasteiger partial charge < -0.3 is 14.2 Å². The molecular weight excluding hydrogens is 540 g/mol. The third-order valence-corrected chi connectivity index (χ3v) is 7.75. The summed E-state index contributed by atoms with van der Waals surface area (Å²) < 4.78 is 16.4. The molecule has 6 heteroatoms. The summed E-state index contributed by atoms with van der Waals surface area (Å²) >= 11 is 0. The van der Waals surface area contributed by atoms with Crippen molar-refractivity contribution in [1.29, 1.82) is 0 Å². The van der Waals surface area contributed by atoms with E-state index in [9.17, 15) is 14.4 Å². The lowest BCUT2D eigenvalue weighted by molar-refractivity contribution is -0.167. The average molecular weight is 609 g/mol. The van der Waals surface area contributed by atoms with Crippen molar-refractivity contribution in [1.82, 2.24) is 0 Å². The number of allylic oxidation sites excluding steroid dienone is 2. The molecule has 0 saturated carbocycles. The predicted molar refractivity (Wildman–Crippen MR) is 178 cm³/mol. The molecule has 0 aromatic rings. The number of hydrogen-bond acceptors (Lipinski definition) is 6. The number of unbranched alkanes of at least 4 members (excludes halogenated alkanes) is 19. The molecule has 0 aromatic carbocycles. The number of rotatable bonds is 32. The third-order valence-electron chi connectivity index (χ3n) is 7.75. The monoisotopic (exact) mass is 609 g/mol. The van der Waals surface area contributed by atoms with E-state index in [1.165, 1.54) is 70.6 Å². The highest BCUT2D eigenvalue weighted by molar-refractivity contribution is 5.71. The van der Waals surface area contributed by atoms with Gasteiger partial charge in [0.15, 0.2) is 6.10 Å². The van der Waals surface area contributed by atoms with E-state index in [2.05, 4.69) is 32.9 Å². The normalized spacial score (nSPS) is 12.0. The maximum absolute atomic E-state index is 12.5. The van der Waals surface area contributed by atoms with Crippen molar-refractivity contribution < 1.29 is 28.6 Å². The first kappa shape index (κ1) is 41.1. The van der Waals surface area contributed by atoms with Gasteiger partial charge in [0.25, 0.3) is 0 Å². The van der Waals surface area contributed by atoms with Crippen LogP contribution in [-0.4, -0.2) is 37.2 Å². The fourth-order valence-corrected chi connectivity index (χ4v) is 4.97. The van der Waals surface area contributed by atoms with Crippen LogP contribution in [0.4, 0.5) is 0 Å². The molecule has 0 radical (unpaired) electrons. The second-order valence-corrected chi connectivity index (χ2v) is 12.1. The molecule has 0 bridgehead atoms. The summed E-state index contributed by atoms with van der Waals surface area (Å²) in [6, 6.07) is 0. The van der Waals surface area contributed by atoms with Crippen LogP contribution in [0.3, 0.4) is 0 Å². The molecule has 1 atom stereocenters. The summed E-state index contributed by atoms with van der Waals surface area (Å²) in [5, 5.41) is 0. The van der Waals surface area contributed by atoms with Crippen molar-refractivity contribution in [2.75, 3.05) is 13.2 Å². The SMILES string of the molecule is CCC/C=C\CCCCCCCC(=O)OCC(COC(=O)CCCCCCC)OC(=O)CCCCCCCCCCCC. The lowest BCUT2D eigenvalue weighted by Crippen LogP contribution is -2.30. The zero-order valence-corrected chi connectivity index (χ0v) is 28.5. The van der Waals surface area contributed by atoms with Crippen LogP contribution in [0.1, 0.15) is 188 Å². The van der Waals surface area contributed by atoms with E-state index in [1.54, 1.807) is 0 Å². The highest BCUT2D eigenvalue weighted by Gasteiger charge is 2.19. The Bertz CT molecular complexity index is 674. The second-order valence-electron chi connectivity index (χ2n) is 12.1. The zero-order chi connectivity index (χ0) is 31.6. The minimum absolute atomic E-state index is 0.0719. The molecule has 0 aromatic heterocycles. The first-order valence-corrected chi connectivity index (χ1v) is 18.2. The Morgan fingerprint density at radius 1 is 0.442 bits per heavy atom. The van der Waals surface area contributed by atoms with Gasteiger partial charge in [0.1, 0.15) is 13.2 Å². The molecule has 6 nitrogen and oxygen atoms in total. The summed E-state index contributed by atoms with van der Waals surface area (Å²) in [5.74, 6) is -0.902. The highest BCUT2D eigenvalue weighted by atomic mass is 16.6. The molecule has 0 heterocycles. The molecule has 0 amide bonds. The molecule has 0 spiro atoms. The minimum Gasteiger partial charge on any atom is -0.462 e. The maximum atomic E-state index is 12.5. The first-order chi connectivity index (χ1) is 21.0. The van der Waals surface area contributed by atoms with Crippen LogP contribution in [0.25, 0.3) is 0 Å². The maximum Gasteiger partial charge on any atom is 0.306 e. The average Bonchev–Trinajstić information content (AvgIpc) is 3.00. The van der Waals surface area contributed by atoms with Gasteiger partial charge in [-0.05, 0) is 38.5 Å². The Balaban J connectivity index is 4.32. The van der Waals surface area contributed by atoms with E-state index in [1.807, 2.05) is 0 Å². The Kier molecular flexibility index (Phi) is 31.6. The largest absolute Gasteiger partial charge is 0.462 e. The lowest BCUT2D eigenvalue weighted by atomic mass is 10.1. The summed E-state index contributed by atoms with van der Waals surface area (Å²) in [6.45, 7) is 6.44. The molecule has 0 rings (SSSR count). The van der Waals surface area contributed by atoms with E-state index in [0.29, 0.717) is 19.3 Å². The van der Waals surface area contributed by atoms with E-state index in [-0.39, 0.29) is 31.1 Å². The van der Waals surface area contributed by atoms with Gasteiger partial charge >= 0.3 is 17.9 Å². The number of hydrogen-bond donors (Lipinski definition) is 0. The first-order valence-electron chi connectivity index (χ1n) is 18.2.